The third kappa shape index (κ3) is 5.41. The number of aromatic nitrogens is 1. The van der Waals surface area contributed by atoms with Gasteiger partial charge in [-0.2, -0.15) is 0 Å². The van der Waals surface area contributed by atoms with Crippen molar-refractivity contribution in [2.75, 3.05) is 13.7 Å². The average Bonchev–Trinajstić information content (AvgIpc) is 3.18. The summed E-state index contributed by atoms with van der Waals surface area (Å²) in [6.07, 6.45) is 1.58. The Morgan fingerprint density at radius 3 is 2.41 bits per heavy atom. The van der Waals surface area contributed by atoms with Gasteiger partial charge in [0.2, 0.25) is 0 Å². The molecule has 0 saturated carbocycles. The van der Waals surface area contributed by atoms with Crippen LogP contribution >= 0.6 is 0 Å². The van der Waals surface area contributed by atoms with Crippen LogP contribution in [0.4, 0.5) is 0 Å². The number of aliphatic hydroxyl groups is 1. The summed E-state index contributed by atoms with van der Waals surface area (Å²) in [4.78, 5) is 44.7. The molecule has 0 spiro atoms. The SMILES string of the molecule is CCOC(=O)c1ccc(CN2C(=O)C(=O)/C(=C(/O)c3cc(C(C)C)c(OC)cc3C)C2c2ccccn2)cc1. The number of ether oxygens (including phenoxy) is 2. The molecule has 0 bridgehead atoms. The first kappa shape index (κ1) is 27.6. The molecule has 1 atom stereocenters. The van der Waals surface area contributed by atoms with E-state index in [1.54, 1.807) is 62.7 Å². The molecule has 1 N–H and O–H groups in total. The lowest BCUT2D eigenvalue weighted by Gasteiger charge is -2.25. The highest BCUT2D eigenvalue weighted by molar-refractivity contribution is 6.46. The highest BCUT2D eigenvalue weighted by Crippen LogP contribution is 2.41. The minimum absolute atomic E-state index is 0.0233. The van der Waals surface area contributed by atoms with Crippen molar-refractivity contribution in [3.05, 3.63) is 99.9 Å². The summed E-state index contributed by atoms with van der Waals surface area (Å²) in [6, 6.07) is 14.6. The predicted molar refractivity (Wildman–Crippen MR) is 146 cm³/mol. The van der Waals surface area contributed by atoms with Gasteiger partial charge in [-0.3, -0.25) is 14.6 Å². The number of pyridine rings is 1. The predicted octanol–water partition coefficient (Wildman–Crippen LogP) is 5.32. The third-order valence-electron chi connectivity index (χ3n) is 6.78. The maximum atomic E-state index is 13.5. The summed E-state index contributed by atoms with van der Waals surface area (Å²) in [5, 5.41) is 11.6. The molecule has 1 aromatic heterocycles. The van der Waals surface area contributed by atoms with Gasteiger partial charge in [-0.1, -0.05) is 32.0 Å². The van der Waals surface area contributed by atoms with E-state index in [4.69, 9.17) is 9.47 Å². The molecular weight excluding hydrogens is 496 g/mol. The van der Waals surface area contributed by atoms with Crippen LogP contribution in [0.1, 0.15) is 71.0 Å². The van der Waals surface area contributed by atoms with E-state index in [0.717, 1.165) is 5.56 Å². The van der Waals surface area contributed by atoms with E-state index in [-0.39, 0.29) is 30.4 Å². The number of carbonyl (C=O) groups is 3. The van der Waals surface area contributed by atoms with Crippen molar-refractivity contribution in [2.24, 2.45) is 0 Å². The normalized spacial score (nSPS) is 16.6. The lowest BCUT2D eigenvalue weighted by atomic mass is 9.92. The van der Waals surface area contributed by atoms with Gasteiger partial charge < -0.3 is 19.5 Å². The highest BCUT2D eigenvalue weighted by Gasteiger charge is 2.47. The van der Waals surface area contributed by atoms with Crippen molar-refractivity contribution < 1.29 is 29.0 Å². The maximum Gasteiger partial charge on any atom is 0.338 e. The van der Waals surface area contributed by atoms with E-state index in [1.807, 2.05) is 32.9 Å². The lowest BCUT2D eigenvalue weighted by Crippen LogP contribution is -2.29. The first-order valence-corrected chi connectivity index (χ1v) is 12.8. The molecule has 2 heterocycles. The Morgan fingerprint density at radius 1 is 1.10 bits per heavy atom. The molecule has 0 aliphatic carbocycles. The third-order valence-corrected chi connectivity index (χ3v) is 6.78. The van der Waals surface area contributed by atoms with Crippen LogP contribution in [0.3, 0.4) is 0 Å². The summed E-state index contributed by atoms with van der Waals surface area (Å²) in [5.41, 5.74) is 3.55. The molecule has 2 aromatic carbocycles. The summed E-state index contributed by atoms with van der Waals surface area (Å²) in [5.74, 6) is -1.44. The van der Waals surface area contributed by atoms with Crippen LogP contribution in [0.2, 0.25) is 0 Å². The Hall–Kier alpha value is -4.46. The summed E-state index contributed by atoms with van der Waals surface area (Å²) in [6.45, 7) is 7.91. The number of likely N-dealkylation sites (tertiary alicyclic amines) is 1. The second-order valence-electron chi connectivity index (χ2n) is 9.66. The van der Waals surface area contributed by atoms with Gasteiger partial charge in [0.1, 0.15) is 17.6 Å². The number of methoxy groups -OCH3 is 1. The molecule has 1 fully saturated rings. The molecule has 0 radical (unpaired) electrons. The van der Waals surface area contributed by atoms with Crippen LogP contribution in [0.5, 0.6) is 5.75 Å². The van der Waals surface area contributed by atoms with Crippen LogP contribution in [-0.2, 0) is 20.9 Å². The van der Waals surface area contributed by atoms with Gasteiger partial charge in [-0.15, -0.1) is 0 Å². The fourth-order valence-electron chi connectivity index (χ4n) is 4.77. The van der Waals surface area contributed by atoms with Crippen molar-refractivity contribution in [2.45, 2.75) is 46.2 Å². The highest BCUT2D eigenvalue weighted by atomic mass is 16.5. The Kier molecular flexibility index (Phi) is 8.14. The van der Waals surface area contributed by atoms with E-state index in [0.29, 0.717) is 33.7 Å². The number of hydrogen-bond donors (Lipinski definition) is 1. The number of esters is 1. The molecular formula is C31H32N2O6. The molecule has 1 amide bonds. The molecule has 4 rings (SSSR count). The number of hydrogen-bond acceptors (Lipinski definition) is 7. The molecule has 1 unspecified atom stereocenters. The molecule has 1 aliphatic heterocycles. The largest absolute Gasteiger partial charge is 0.507 e. The molecule has 39 heavy (non-hydrogen) atoms. The standard InChI is InChI=1S/C31H32N2O6/c1-6-39-31(37)21-12-10-20(11-13-21)17-33-27(24-9-7-8-14-32-24)26(29(35)30(33)36)28(34)23-16-22(18(2)3)25(38-5)15-19(23)4/h7-16,18,27,34H,6,17H2,1-5H3/b28-26+. The zero-order chi connectivity index (χ0) is 28.3. The number of amides is 1. The number of benzene rings is 2. The van der Waals surface area contributed by atoms with Crippen molar-refractivity contribution >= 4 is 23.4 Å². The zero-order valence-corrected chi connectivity index (χ0v) is 22.7. The Bertz CT molecular complexity index is 1430. The van der Waals surface area contributed by atoms with Crippen LogP contribution in [0.25, 0.3) is 5.76 Å². The number of carbonyl (C=O) groups excluding carboxylic acids is 3. The topological polar surface area (TPSA) is 106 Å². The van der Waals surface area contributed by atoms with E-state index in [9.17, 15) is 19.5 Å². The molecule has 202 valence electrons. The van der Waals surface area contributed by atoms with Crippen LogP contribution in [-0.4, -0.2) is 46.4 Å². The molecule has 8 nitrogen and oxygen atoms in total. The van der Waals surface area contributed by atoms with Gasteiger partial charge in [0.15, 0.2) is 0 Å². The van der Waals surface area contributed by atoms with Gasteiger partial charge in [0.25, 0.3) is 11.7 Å². The van der Waals surface area contributed by atoms with Crippen molar-refractivity contribution in [1.82, 2.24) is 9.88 Å². The summed E-state index contributed by atoms with van der Waals surface area (Å²) in [7, 11) is 1.59. The zero-order valence-electron chi connectivity index (χ0n) is 22.7. The van der Waals surface area contributed by atoms with Crippen LogP contribution in [0, 0.1) is 6.92 Å². The maximum absolute atomic E-state index is 13.5. The van der Waals surface area contributed by atoms with Gasteiger partial charge in [0.05, 0.1) is 30.5 Å². The Balaban J connectivity index is 1.81. The summed E-state index contributed by atoms with van der Waals surface area (Å²) < 4.78 is 10.6. The number of nitrogens with zero attached hydrogens (tertiary/aromatic N) is 2. The van der Waals surface area contributed by atoms with E-state index in [1.165, 1.54) is 4.90 Å². The fraction of sp³-hybridized carbons (Fsp3) is 0.290. The first-order valence-electron chi connectivity index (χ1n) is 12.8. The van der Waals surface area contributed by atoms with Gasteiger partial charge >= 0.3 is 5.97 Å². The average molecular weight is 529 g/mol. The van der Waals surface area contributed by atoms with E-state index >= 15 is 0 Å². The van der Waals surface area contributed by atoms with Gasteiger partial charge in [-0.05, 0) is 72.9 Å². The molecule has 1 aliphatic rings. The first-order chi connectivity index (χ1) is 18.7. The Labute approximate surface area is 227 Å². The minimum Gasteiger partial charge on any atom is -0.507 e. The van der Waals surface area contributed by atoms with Gasteiger partial charge in [0, 0.05) is 18.3 Å². The lowest BCUT2D eigenvalue weighted by molar-refractivity contribution is -0.140. The minimum atomic E-state index is -0.903. The number of ketones is 1. The number of aryl methyl sites for hydroxylation is 1. The number of rotatable bonds is 8. The quantitative estimate of drug-likeness (QED) is 0.183. The summed E-state index contributed by atoms with van der Waals surface area (Å²) >= 11 is 0. The molecule has 1 saturated heterocycles. The Morgan fingerprint density at radius 2 is 1.82 bits per heavy atom. The smallest absolute Gasteiger partial charge is 0.338 e. The number of Topliss-reactive ketones (excluding diaryl/α,β-unsaturated/α-hetero) is 1. The fourth-order valence-corrected chi connectivity index (χ4v) is 4.77. The second-order valence-corrected chi connectivity index (χ2v) is 9.66. The van der Waals surface area contributed by atoms with Gasteiger partial charge in [-0.25, -0.2) is 4.79 Å². The number of aliphatic hydroxyl groups excluding tert-OH is 1. The van der Waals surface area contributed by atoms with Crippen LogP contribution in [0.15, 0.2) is 66.4 Å². The molecule has 8 heteroatoms. The van der Waals surface area contributed by atoms with Crippen molar-refractivity contribution in [1.29, 1.82) is 0 Å². The van der Waals surface area contributed by atoms with Crippen molar-refractivity contribution in [3.8, 4) is 5.75 Å². The van der Waals surface area contributed by atoms with E-state index < -0.39 is 23.7 Å². The van der Waals surface area contributed by atoms with Crippen molar-refractivity contribution in [3.63, 3.8) is 0 Å². The molecule has 3 aromatic rings. The second kappa shape index (κ2) is 11.5. The van der Waals surface area contributed by atoms with E-state index in [2.05, 4.69) is 4.98 Å². The van der Waals surface area contributed by atoms with Crippen LogP contribution < -0.4 is 4.74 Å². The monoisotopic (exact) mass is 528 g/mol.